The molecule has 4 rings (SSSR count). The number of amides is 1. The number of thioether (sulfide) groups is 3. The third-order valence-corrected chi connectivity index (χ3v) is 8.74. The molecule has 0 radical (unpaired) electrons. The van der Waals surface area contributed by atoms with E-state index in [-0.39, 0.29) is 5.91 Å². The van der Waals surface area contributed by atoms with Gasteiger partial charge >= 0.3 is 0 Å². The zero-order chi connectivity index (χ0) is 26.2. The van der Waals surface area contributed by atoms with Crippen molar-refractivity contribution in [3.8, 4) is 11.5 Å². The molecule has 0 aliphatic heterocycles. The summed E-state index contributed by atoms with van der Waals surface area (Å²) in [5.74, 6) is 2.04. The summed E-state index contributed by atoms with van der Waals surface area (Å²) < 4.78 is 7.08. The van der Waals surface area contributed by atoms with Gasteiger partial charge < -0.3 is 10.1 Å². The first-order valence-electron chi connectivity index (χ1n) is 11.6. The number of aryl methyl sites for hydroxylation is 1. The third-order valence-electron chi connectivity index (χ3n) is 5.45. The fourth-order valence-electron chi connectivity index (χ4n) is 3.69. The Kier molecular flexibility index (Phi) is 10.0. The van der Waals surface area contributed by atoms with Gasteiger partial charge in [-0.25, -0.2) is 4.98 Å². The van der Waals surface area contributed by atoms with Crippen molar-refractivity contribution in [1.82, 2.24) is 4.98 Å². The number of ether oxygens (including phenoxy) is 1. The van der Waals surface area contributed by atoms with E-state index in [0.29, 0.717) is 11.5 Å². The number of halogens is 1. The predicted molar refractivity (Wildman–Crippen MR) is 162 cm³/mol. The lowest BCUT2D eigenvalue weighted by molar-refractivity contribution is -0.115. The van der Waals surface area contributed by atoms with E-state index >= 15 is 0 Å². The van der Waals surface area contributed by atoms with Crippen molar-refractivity contribution < 1.29 is 9.53 Å². The second-order valence-electron chi connectivity index (χ2n) is 8.14. The first kappa shape index (κ1) is 27.6. The molecule has 4 nitrogen and oxygen atoms in total. The van der Waals surface area contributed by atoms with Gasteiger partial charge in [-0.05, 0) is 73.0 Å². The van der Waals surface area contributed by atoms with Gasteiger partial charge in [0.25, 0.3) is 0 Å². The average molecular weight is 612 g/mol. The highest BCUT2D eigenvalue weighted by atomic mass is 79.9. The summed E-state index contributed by atoms with van der Waals surface area (Å²) in [5, 5.41) is 3.58. The van der Waals surface area contributed by atoms with Crippen molar-refractivity contribution in [2.75, 3.05) is 17.8 Å². The maximum absolute atomic E-state index is 13.8. The molecule has 0 aliphatic carbocycles. The van der Waals surface area contributed by atoms with Crippen LogP contribution < -0.4 is 10.1 Å². The number of carbonyl (C=O) groups excluding carboxylic acids is 1. The molecule has 0 bridgehead atoms. The zero-order valence-electron chi connectivity index (χ0n) is 20.7. The molecule has 1 N–H and O–H groups in total. The lowest BCUT2D eigenvalue weighted by atomic mass is 10.1. The second-order valence-corrected chi connectivity index (χ2v) is 11.8. The molecule has 0 saturated carbocycles. The molecule has 190 valence electrons. The molecular formula is C29H27BrN2O2S3. The Morgan fingerprint density at radius 1 is 0.946 bits per heavy atom. The van der Waals surface area contributed by atoms with E-state index < -0.39 is 5.25 Å². The van der Waals surface area contributed by atoms with E-state index in [1.165, 1.54) is 17.3 Å². The van der Waals surface area contributed by atoms with Crippen molar-refractivity contribution in [2.24, 2.45) is 0 Å². The lowest BCUT2D eigenvalue weighted by Gasteiger charge is -2.20. The van der Waals surface area contributed by atoms with Gasteiger partial charge in [0.05, 0.1) is 5.69 Å². The number of hydrogen-bond acceptors (Lipinski definition) is 6. The SMILES string of the molecule is CSc1cc(C)nc(SC)c1NC(=O)C(SCc1ccccc1)c1cccc(Oc2ccc(Br)cc2)c1. The number of anilines is 1. The van der Waals surface area contributed by atoms with Crippen molar-refractivity contribution >= 4 is 62.8 Å². The largest absolute Gasteiger partial charge is 0.457 e. The average Bonchev–Trinajstić information content (AvgIpc) is 2.91. The first-order valence-corrected chi connectivity index (χ1v) is 15.9. The summed E-state index contributed by atoms with van der Waals surface area (Å²) >= 11 is 8.19. The van der Waals surface area contributed by atoms with Crippen molar-refractivity contribution in [3.05, 3.63) is 106 Å². The van der Waals surface area contributed by atoms with Crippen LogP contribution >= 0.6 is 51.2 Å². The minimum atomic E-state index is -0.445. The van der Waals surface area contributed by atoms with Crippen LogP contribution in [0.2, 0.25) is 0 Å². The van der Waals surface area contributed by atoms with E-state index in [2.05, 4.69) is 38.4 Å². The van der Waals surface area contributed by atoms with Crippen molar-refractivity contribution in [2.45, 2.75) is 27.8 Å². The number of carbonyl (C=O) groups is 1. The smallest absolute Gasteiger partial charge is 0.242 e. The molecule has 37 heavy (non-hydrogen) atoms. The van der Waals surface area contributed by atoms with Gasteiger partial charge in [-0.3, -0.25) is 4.79 Å². The normalized spacial score (nSPS) is 11.7. The minimum Gasteiger partial charge on any atom is -0.457 e. The van der Waals surface area contributed by atoms with Gasteiger partial charge in [0.2, 0.25) is 5.91 Å². The highest BCUT2D eigenvalue weighted by molar-refractivity contribution is 9.10. The number of pyridine rings is 1. The van der Waals surface area contributed by atoms with E-state index in [1.807, 2.05) is 92.2 Å². The molecule has 1 unspecified atom stereocenters. The van der Waals surface area contributed by atoms with Crippen LogP contribution in [0.25, 0.3) is 0 Å². The molecule has 1 amide bonds. The van der Waals surface area contributed by atoms with Gasteiger partial charge in [-0.1, -0.05) is 58.4 Å². The number of hydrogen-bond donors (Lipinski definition) is 1. The molecule has 0 aliphatic rings. The number of nitrogens with zero attached hydrogens (tertiary/aromatic N) is 1. The van der Waals surface area contributed by atoms with Crippen LogP contribution in [-0.4, -0.2) is 23.4 Å². The standard InChI is InChI=1S/C29H27BrN2O2S3/c1-19-16-25(35-2)26(29(31-19)36-3)32-28(33)27(37-18-20-8-5-4-6-9-20)21-10-7-11-24(17-21)34-23-14-12-22(30)13-15-23/h4-17,27H,18H2,1-3H3,(H,32,33). The Balaban J connectivity index is 1.64. The van der Waals surface area contributed by atoms with Crippen molar-refractivity contribution in [3.63, 3.8) is 0 Å². The molecule has 1 aromatic heterocycles. The molecule has 1 atom stereocenters. The monoisotopic (exact) mass is 610 g/mol. The molecule has 0 spiro atoms. The highest BCUT2D eigenvalue weighted by Crippen LogP contribution is 2.38. The number of benzene rings is 3. The fraction of sp³-hybridized carbons (Fsp3) is 0.172. The van der Waals surface area contributed by atoms with Crippen molar-refractivity contribution in [1.29, 1.82) is 0 Å². The highest BCUT2D eigenvalue weighted by Gasteiger charge is 2.24. The van der Waals surface area contributed by atoms with E-state index in [1.54, 1.807) is 23.5 Å². The van der Waals surface area contributed by atoms with Crippen LogP contribution in [0.3, 0.4) is 0 Å². The number of aromatic nitrogens is 1. The third kappa shape index (κ3) is 7.57. The van der Waals surface area contributed by atoms with E-state index in [9.17, 15) is 4.79 Å². The van der Waals surface area contributed by atoms with Gasteiger partial charge in [-0.15, -0.1) is 35.3 Å². The summed E-state index contributed by atoms with van der Waals surface area (Å²) in [6.07, 6.45) is 3.99. The molecule has 8 heteroatoms. The van der Waals surface area contributed by atoms with Gasteiger partial charge in [0.15, 0.2) is 0 Å². The van der Waals surface area contributed by atoms with Crippen LogP contribution in [-0.2, 0) is 10.5 Å². The minimum absolute atomic E-state index is 0.0852. The topological polar surface area (TPSA) is 51.2 Å². The maximum Gasteiger partial charge on any atom is 0.242 e. The van der Waals surface area contributed by atoms with E-state index in [0.717, 1.165) is 37.1 Å². The Hall–Kier alpha value is -2.39. The van der Waals surface area contributed by atoms with Gasteiger partial charge in [0, 0.05) is 20.8 Å². The number of rotatable bonds is 10. The number of nitrogens with one attached hydrogen (secondary N) is 1. The quantitative estimate of drug-likeness (QED) is 0.181. The van der Waals surface area contributed by atoms with Gasteiger partial charge in [-0.2, -0.15) is 0 Å². The Morgan fingerprint density at radius 3 is 2.41 bits per heavy atom. The molecule has 0 fully saturated rings. The molecule has 4 aromatic rings. The van der Waals surface area contributed by atoms with E-state index in [4.69, 9.17) is 4.74 Å². The first-order chi connectivity index (χ1) is 18.0. The maximum atomic E-state index is 13.8. The zero-order valence-corrected chi connectivity index (χ0v) is 24.8. The summed E-state index contributed by atoms with van der Waals surface area (Å²) in [6, 6.07) is 27.7. The second kappa shape index (κ2) is 13.4. The predicted octanol–water partition coefficient (Wildman–Crippen LogP) is 9.00. The van der Waals surface area contributed by atoms with Crippen LogP contribution in [0.1, 0.15) is 22.1 Å². The molecular weight excluding hydrogens is 584 g/mol. The molecule has 0 saturated heterocycles. The molecule has 1 heterocycles. The fourth-order valence-corrected chi connectivity index (χ4v) is 6.36. The summed E-state index contributed by atoms with van der Waals surface area (Å²) in [6.45, 7) is 1.97. The van der Waals surface area contributed by atoms with Crippen LogP contribution in [0, 0.1) is 6.92 Å². The summed E-state index contributed by atoms with van der Waals surface area (Å²) in [5.41, 5.74) is 3.74. The van der Waals surface area contributed by atoms with Crippen LogP contribution in [0.5, 0.6) is 11.5 Å². The Morgan fingerprint density at radius 2 is 1.70 bits per heavy atom. The Bertz CT molecular complexity index is 1330. The lowest BCUT2D eigenvalue weighted by Crippen LogP contribution is -2.20. The van der Waals surface area contributed by atoms with Gasteiger partial charge in [0.1, 0.15) is 21.8 Å². The van der Waals surface area contributed by atoms with Crippen LogP contribution in [0.4, 0.5) is 5.69 Å². The molecule has 3 aromatic carbocycles. The summed E-state index contributed by atoms with van der Waals surface area (Å²) in [7, 11) is 0. The summed E-state index contributed by atoms with van der Waals surface area (Å²) in [4.78, 5) is 19.5. The van der Waals surface area contributed by atoms with Crippen LogP contribution in [0.15, 0.2) is 99.3 Å². The Labute approximate surface area is 239 Å².